The lowest BCUT2D eigenvalue weighted by molar-refractivity contribution is -0.385. The number of para-hydroxylation sites is 1. The topological polar surface area (TPSA) is 151 Å². The Morgan fingerprint density at radius 2 is 1.89 bits per heavy atom. The highest BCUT2D eigenvalue weighted by Gasteiger charge is 2.39. The lowest BCUT2D eigenvalue weighted by Gasteiger charge is -2.29. The number of rotatable bonds is 6. The molecule has 0 atom stereocenters. The minimum atomic E-state index is -4.16. The Kier molecular flexibility index (Phi) is 6.19. The maximum Gasteiger partial charge on any atom is 0.278 e. The zero-order valence-corrected chi connectivity index (χ0v) is 20.4. The molecule has 0 radical (unpaired) electrons. The fourth-order valence-corrected chi connectivity index (χ4v) is 5.84. The zero-order chi connectivity index (χ0) is 26.2. The summed E-state index contributed by atoms with van der Waals surface area (Å²) in [7, 11) is -4.16. The summed E-state index contributed by atoms with van der Waals surface area (Å²) in [5.74, 6) is -0.762. The van der Waals surface area contributed by atoms with Crippen LogP contribution in [-0.2, 0) is 14.8 Å². The molecule has 1 aliphatic rings. The molecule has 0 unspecified atom stereocenters. The Morgan fingerprint density at radius 1 is 1.14 bits per heavy atom. The maximum atomic E-state index is 13.6. The third kappa shape index (κ3) is 4.43. The number of hydrogen-bond acceptors (Lipinski definition) is 7. The molecule has 0 saturated carbocycles. The summed E-state index contributed by atoms with van der Waals surface area (Å²) in [6, 6.07) is 19.0. The highest BCUT2D eigenvalue weighted by Crippen LogP contribution is 2.46. The van der Waals surface area contributed by atoms with Gasteiger partial charge in [-0.1, -0.05) is 54.1 Å². The van der Waals surface area contributed by atoms with Gasteiger partial charge in [0.05, 0.1) is 27.3 Å². The second kappa shape index (κ2) is 9.48. The number of aromatic amines is 1. The number of aromatic nitrogens is 2. The van der Waals surface area contributed by atoms with Gasteiger partial charge in [-0.15, -0.1) is 0 Å². The average molecular weight is 537 g/mol. The fraction of sp³-hybridized carbons (Fsp3) is 0.0417. The van der Waals surface area contributed by atoms with Crippen LogP contribution in [0.3, 0.4) is 0 Å². The molecule has 0 saturated heterocycles. The third-order valence-electron chi connectivity index (χ3n) is 5.63. The number of sulfonamides is 1. The monoisotopic (exact) mass is 536 g/mol. The van der Waals surface area contributed by atoms with E-state index in [1.165, 1.54) is 24.3 Å². The summed E-state index contributed by atoms with van der Waals surface area (Å²) in [6.07, 6.45) is 1.12. The first kappa shape index (κ1) is 24.2. The van der Waals surface area contributed by atoms with E-state index < -0.39 is 27.4 Å². The first-order valence-electron chi connectivity index (χ1n) is 10.8. The van der Waals surface area contributed by atoms with Gasteiger partial charge < -0.3 is 0 Å². The van der Waals surface area contributed by atoms with Crippen LogP contribution in [0.25, 0.3) is 22.5 Å². The standard InChI is InChI=1S/C24H17ClN6O5S/c25-17-8-5-7-15(12-17)22-24-23(29-28-22)18-9-2-4-11-20(18)37(35,36)30(24)14-21(32)27-26-13-16-6-1-3-10-19(16)31(33)34/h1-13H,14H2,(H,27,32)(H,28,29)/b26-13+. The van der Waals surface area contributed by atoms with Gasteiger partial charge in [-0.2, -0.15) is 10.2 Å². The van der Waals surface area contributed by atoms with Crippen molar-refractivity contribution < 1.29 is 18.1 Å². The predicted octanol–water partition coefficient (Wildman–Crippen LogP) is 3.96. The van der Waals surface area contributed by atoms with Crippen molar-refractivity contribution in [1.29, 1.82) is 0 Å². The predicted molar refractivity (Wildman–Crippen MR) is 138 cm³/mol. The molecule has 1 aromatic heterocycles. The Bertz CT molecular complexity index is 1680. The van der Waals surface area contributed by atoms with E-state index in [-0.39, 0.29) is 21.8 Å². The van der Waals surface area contributed by atoms with Crippen LogP contribution in [0.4, 0.5) is 11.4 Å². The molecule has 5 rings (SSSR count). The lowest BCUT2D eigenvalue weighted by atomic mass is 10.1. The first-order valence-corrected chi connectivity index (χ1v) is 12.6. The normalized spacial score (nSPS) is 13.7. The summed E-state index contributed by atoms with van der Waals surface area (Å²) in [4.78, 5) is 23.5. The number of H-pyrrole nitrogens is 1. The second-order valence-electron chi connectivity index (χ2n) is 7.92. The number of nitrogens with one attached hydrogen (secondary N) is 2. The number of benzene rings is 3. The number of nitrogens with zero attached hydrogens (tertiary/aromatic N) is 4. The molecule has 2 heterocycles. The van der Waals surface area contributed by atoms with Crippen LogP contribution < -0.4 is 9.73 Å². The Morgan fingerprint density at radius 3 is 2.68 bits per heavy atom. The minimum Gasteiger partial charge on any atom is -0.275 e. The smallest absolute Gasteiger partial charge is 0.275 e. The van der Waals surface area contributed by atoms with Crippen LogP contribution in [0.5, 0.6) is 0 Å². The number of amides is 1. The van der Waals surface area contributed by atoms with Gasteiger partial charge in [-0.25, -0.2) is 13.8 Å². The molecule has 0 bridgehead atoms. The van der Waals surface area contributed by atoms with Crippen molar-refractivity contribution in [2.45, 2.75) is 4.90 Å². The zero-order valence-electron chi connectivity index (χ0n) is 18.8. The molecule has 2 N–H and O–H groups in total. The van der Waals surface area contributed by atoms with Crippen molar-refractivity contribution in [3.63, 3.8) is 0 Å². The third-order valence-corrected chi connectivity index (χ3v) is 7.66. The highest BCUT2D eigenvalue weighted by atomic mass is 35.5. The Hall–Kier alpha value is -4.55. The van der Waals surface area contributed by atoms with E-state index in [2.05, 4.69) is 20.7 Å². The minimum absolute atomic E-state index is 0.0139. The van der Waals surface area contributed by atoms with Crippen LogP contribution >= 0.6 is 11.6 Å². The number of anilines is 1. The van der Waals surface area contributed by atoms with E-state index in [0.717, 1.165) is 10.5 Å². The molecule has 37 heavy (non-hydrogen) atoms. The molecule has 1 amide bonds. The van der Waals surface area contributed by atoms with Crippen LogP contribution in [0.15, 0.2) is 82.8 Å². The van der Waals surface area contributed by atoms with E-state index in [9.17, 15) is 23.3 Å². The molecule has 13 heteroatoms. The Balaban J connectivity index is 1.51. The number of nitro benzene ring substituents is 1. The highest BCUT2D eigenvalue weighted by molar-refractivity contribution is 7.93. The molecular formula is C24H17ClN6O5S. The molecule has 4 aromatic rings. The summed E-state index contributed by atoms with van der Waals surface area (Å²) >= 11 is 6.15. The number of carbonyl (C=O) groups excluding carboxylic acids is 1. The van der Waals surface area contributed by atoms with Crippen molar-refractivity contribution in [3.05, 3.63) is 93.5 Å². The molecule has 3 aromatic carbocycles. The second-order valence-corrected chi connectivity index (χ2v) is 10.2. The van der Waals surface area contributed by atoms with Gasteiger partial charge in [0.25, 0.3) is 21.6 Å². The van der Waals surface area contributed by atoms with Gasteiger partial charge in [0.1, 0.15) is 17.9 Å². The first-order chi connectivity index (χ1) is 17.8. The molecule has 11 nitrogen and oxygen atoms in total. The van der Waals surface area contributed by atoms with Crippen molar-refractivity contribution in [2.24, 2.45) is 5.10 Å². The summed E-state index contributed by atoms with van der Waals surface area (Å²) in [6.45, 7) is -0.620. The van der Waals surface area contributed by atoms with E-state index >= 15 is 0 Å². The number of fused-ring (bicyclic) bond motifs is 3. The number of halogens is 1. The van der Waals surface area contributed by atoms with Crippen molar-refractivity contribution in [3.8, 4) is 22.5 Å². The van der Waals surface area contributed by atoms with Gasteiger partial charge in [0.2, 0.25) is 0 Å². The molecular weight excluding hydrogens is 520 g/mol. The average Bonchev–Trinajstić information content (AvgIpc) is 3.32. The molecule has 0 spiro atoms. The van der Waals surface area contributed by atoms with Gasteiger partial charge in [-0.3, -0.25) is 24.3 Å². The fourth-order valence-electron chi connectivity index (χ4n) is 4.01. The number of hydrazone groups is 1. The maximum absolute atomic E-state index is 13.6. The SMILES string of the molecule is O=C(CN1c2c(-c3cccc(Cl)c3)n[nH]c2-c2ccccc2S1(=O)=O)N/N=C/c1ccccc1[N+](=O)[O-]. The quantitative estimate of drug-likeness (QED) is 0.216. The van der Waals surface area contributed by atoms with E-state index in [4.69, 9.17) is 11.6 Å². The summed E-state index contributed by atoms with van der Waals surface area (Å²) < 4.78 is 28.2. The molecule has 0 fully saturated rings. The molecule has 0 aliphatic carbocycles. The van der Waals surface area contributed by atoms with Crippen molar-refractivity contribution >= 4 is 45.1 Å². The molecule has 1 aliphatic heterocycles. The van der Waals surface area contributed by atoms with Crippen LogP contribution in [0.2, 0.25) is 5.02 Å². The van der Waals surface area contributed by atoms with Crippen molar-refractivity contribution in [2.75, 3.05) is 10.8 Å². The number of carbonyl (C=O) groups is 1. The van der Waals surface area contributed by atoms with E-state index in [1.807, 2.05) is 0 Å². The number of hydrogen-bond donors (Lipinski definition) is 2. The molecule has 186 valence electrons. The van der Waals surface area contributed by atoms with Gasteiger partial charge >= 0.3 is 0 Å². The summed E-state index contributed by atoms with van der Waals surface area (Å²) in [5.41, 5.74) is 4.13. The lowest BCUT2D eigenvalue weighted by Crippen LogP contribution is -2.41. The van der Waals surface area contributed by atoms with Gasteiger partial charge in [0.15, 0.2) is 0 Å². The van der Waals surface area contributed by atoms with Crippen LogP contribution in [0, 0.1) is 10.1 Å². The van der Waals surface area contributed by atoms with Crippen LogP contribution in [-0.4, -0.2) is 42.2 Å². The van der Waals surface area contributed by atoms with Gasteiger partial charge in [0, 0.05) is 22.2 Å². The van der Waals surface area contributed by atoms with Crippen LogP contribution in [0.1, 0.15) is 5.56 Å². The summed E-state index contributed by atoms with van der Waals surface area (Å²) in [5, 5.41) is 22.6. The van der Waals surface area contributed by atoms with Gasteiger partial charge in [-0.05, 0) is 24.3 Å². The largest absolute Gasteiger partial charge is 0.278 e. The Labute approximate surface area is 215 Å². The number of nitro groups is 1. The van der Waals surface area contributed by atoms with Crippen molar-refractivity contribution in [1.82, 2.24) is 15.6 Å². The van der Waals surface area contributed by atoms with E-state index in [1.54, 1.807) is 48.5 Å². The van der Waals surface area contributed by atoms with E-state index in [0.29, 0.717) is 27.5 Å².